The van der Waals surface area contributed by atoms with Crippen LogP contribution in [0.3, 0.4) is 0 Å². The maximum absolute atomic E-state index is 12.2. The molecule has 9 heteroatoms. The van der Waals surface area contributed by atoms with Gasteiger partial charge in [0.2, 0.25) is 5.91 Å². The number of hydrazine groups is 1. The Labute approximate surface area is 149 Å². The van der Waals surface area contributed by atoms with E-state index in [1.807, 2.05) is 0 Å². The molecule has 0 radical (unpaired) electrons. The lowest BCUT2D eigenvalue weighted by Gasteiger charge is -2.12. The Morgan fingerprint density at radius 2 is 1.92 bits per heavy atom. The number of sulfonamides is 1. The molecule has 2 N–H and O–H groups in total. The van der Waals surface area contributed by atoms with Crippen molar-refractivity contribution in [2.75, 3.05) is 11.5 Å². The lowest BCUT2D eigenvalue weighted by Crippen LogP contribution is -2.42. The molecule has 0 bridgehead atoms. The SMILES string of the molecule is CC[C@@H](C)c1ccc(S(=O)(=O)NNC(=O)C[C@H]2CCS(=O)(=O)C2)cc1. The monoisotopic (exact) mass is 388 g/mol. The first-order chi connectivity index (χ1) is 11.6. The van der Waals surface area contributed by atoms with Crippen LogP contribution >= 0.6 is 0 Å². The summed E-state index contributed by atoms with van der Waals surface area (Å²) in [5, 5.41) is 0. The molecule has 1 aromatic rings. The second-order valence-electron chi connectivity index (χ2n) is 6.51. The van der Waals surface area contributed by atoms with Gasteiger partial charge in [0, 0.05) is 6.42 Å². The van der Waals surface area contributed by atoms with E-state index in [0.29, 0.717) is 12.3 Å². The first-order valence-corrected chi connectivity index (χ1v) is 11.5. The molecule has 7 nitrogen and oxygen atoms in total. The Kier molecular flexibility index (Phi) is 6.23. The van der Waals surface area contributed by atoms with E-state index >= 15 is 0 Å². The third-order valence-corrected chi connectivity index (χ3v) is 7.60. The van der Waals surface area contributed by atoms with Gasteiger partial charge in [0.1, 0.15) is 0 Å². The van der Waals surface area contributed by atoms with Gasteiger partial charge in [-0.2, -0.15) is 0 Å². The van der Waals surface area contributed by atoms with Crippen molar-refractivity contribution < 1.29 is 21.6 Å². The molecule has 0 aliphatic carbocycles. The van der Waals surface area contributed by atoms with Gasteiger partial charge in [0.05, 0.1) is 16.4 Å². The van der Waals surface area contributed by atoms with E-state index in [9.17, 15) is 21.6 Å². The van der Waals surface area contributed by atoms with Gasteiger partial charge in [0.25, 0.3) is 10.0 Å². The van der Waals surface area contributed by atoms with Crippen molar-refractivity contribution in [1.29, 1.82) is 0 Å². The average Bonchev–Trinajstić information content (AvgIpc) is 2.91. The van der Waals surface area contributed by atoms with Crippen LogP contribution in [-0.4, -0.2) is 34.2 Å². The fourth-order valence-electron chi connectivity index (χ4n) is 2.74. The molecule has 1 fully saturated rings. The molecule has 1 heterocycles. The van der Waals surface area contributed by atoms with Gasteiger partial charge >= 0.3 is 0 Å². The van der Waals surface area contributed by atoms with Crippen LogP contribution in [0.15, 0.2) is 29.2 Å². The summed E-state index contributed by atoms with van der Waals surface area (Å²) in [6.07, 6.45) is 1.37. The molecule has 1 aliphatic rings. The van der Waals surface area contributed by atoms with E-state index in [1.165, 1.54) is 12.1 Å². The Hall–Kier alpha value is -1.45. The normalized spacial score (nSPS) is 21.0. The lowest BCUT2D eigenvalue weighted by atomic mass is 9.99. The largest absolute Gasteiger partial charge is 0.278 e. The van der Waals surface area contributed by atoms with E-state index in [-0.39, 0.29) is 28.7 Å². The van der Waals surface area contributed by atoms with Crippen LogP contribution < -0.4 is 10.3 Å². The van der Waals surface area contributed by atoms with Gasteiger partial charge in [-0.25, -0.2) is 16.8 Å². The minimum absolute atomic E-state index is 0.0191. The zero-order chi connectivity index (χ0) is 18.7. The van der Waals surface area contributed by atoms with E-state index in [2.05, 4.69) is 24.1 Å². The van der Waals surface area contributed by atoms with Crippen LogP contribution in [0.25, 0.3) is 0 Å². The standard InChI is InChI=1S/C16H24N2O5S2/c1-3-12(2)14-4-6-15(7-5-14)25(22,23)18-17-16(19)10-13-8-9-24(20,21)11-13/h4-7,12-13,18H,3,8-11H2,1-2H3,(H,17,19)/t12-,13-/m1/s1. The average molecular weight is 389 g/mol. The van der Waals surface area contributed by atoms with Crippen LogP contribution in [0, 0.1) is 5.92 Å². The van der Waals surface area contributed by atoms with Crippen LogP contribution in [0.5, 0.6) is 0 Å². The third-order valence-electron chi connectivity index (χ3n) is 4.50. The molecule has 0 saturated carbocycles. The molecule has 0 spiro atoms. The second kappa shape index (κ2) is 7.84. The van der Waals surface area contributed by atoms with Gasteiger partial charge < -0.3 is 0 Å². The molecule has 0 aromatic heterocycles. The van der Waals surface area contributed by atoms with Crippen molar-refractivity contribution >= 4 is 25.8 Å². The number of benzene rings is 1. The highest BCUT2D eigenvalue weighted by molar-refractivity contribution is 7.91. The Bertz CT molecular complexity index is 817. The van der Waals surface area contributed by atoms with Crippen molar-refractivity contribution in [3.8, 4) is 0 Å². The number of rotatable bonds is 7. The quantitative estimate of drug-likeness (QED) is 0.685. The van der Waals surface area contributed by atoms with Crippen LogP contribution in [0.4, 0.5) is 0 Å². The Morgan fingerprint density at radius 3 is 2.44 bits per heavy atom. The number of nitrogens with one attached hydrogen (secondary N) is 2. The summed E-state index contributed by atoms with van der Waals surface area (Å²) in [4.78, 5) is 14.0. The van der Waals surface area contributed by atoms with Crippen LogP contribution in [0.2, 0.25) is 0 Å². The number of sulfone groups is 1. The van der Waals surface area contributed by atoms with Gasteiger partial charge in [-0.15, -0.1) is 4.83 Å². The molecular weight excluding hydrogens is 364 g/mol. The topological polar surface area (TPSA) is 109 Å². The number of carbonyl (C=O) groups is 1. The van der Waals surface area contributed by atoms with Crippen molar-refractivity contribution in [3.05, 3.63) is 29.8 Å². The zero-order valence-corrected chi connectivity index (χ0v) is 16.0. The predicted octanol–water partition coefficient (Wildman–Crippen LogP) is 1.33. The summed E-state index contributed by atoms with van der Waals surface area (Å²) in [5.41, 5.74) is 3.20. The first kappa shape index (κ1) is 19.9. The van der Waals surface area contributed by atoms with E-state index in [0.717, 1.165) is 12.0 Å². The van der Waals surface area contributed by atoms with Gasteiger partial charge in [-0.3, -0.25) is 10.2 Å². The number of amides is 1. The lowest BCUT2D eigenvalue weighted by molar-refractivity contribution is -0.122. The maximum atomic E-state index is 12.2. The van der Waals surface area contributed by atoms with E-state index in [1.54, 1.807) is 12.1 Å². The molecule has 2 atom stereocenters. The second-order valence-corrected chi connectivity index (χ2v) is 10.4. The third kappa shape index (κ3) is 5.52. The van der Waals surface area contributed by atoms with Crippen LogP contribution in [0.1, 0.15) is 44.6 Å². The van der Waals surface area contributed by atoms with Crippen LogP contribution in [-0.2, 0) is 24.7 Å². The fraction of sp³-hybridized carbons (Fsp3) is 0.562. The fourth-order valence-corrected chi connectivity index (χ4v) is 5.46. The highest BCUT2D eigenvalue weighted by Crippen LogP contribution is 2.22. The van der Waals surface area contributed by atoms with Crippen molar-refractivity contribution in [2.24, 2.45) is 5.92 Å². The van der Waals surface area contributed by atoms with Gasteiger partial charge in [0.15, 0.2) is 9.84 Å². The zero-order valence-electron chi connectivity index (χ0n) is 14.4. The smallest absolute Gasteiger partial charge is 0.257 e. The van der Waals surface area contributed by atoms with Gasteiger partial charge in [-0.05, 0) is 42.4 Å². The van der Waals surface area contributed by atoms with Crippen molar-refractivity contribution in [1.82, 2.24) is 10.3 Å². The minimum atomic E-state index is -3.86. The van der Waals surface area contributed by atoms with E-state index < -0.39 is 25.8 Å². The maximum Gasteiger partial charge on any atom is 0.257 e. The highest BCUT2D eigenvalue weighted by Gasteiger charge is 2.29. The molecule has 140 valence electrons. The number of hydrogen-bond donors (Lipinski definition) is 2. The molecule has 1 aliphatic heterocycles. The summed E-state index contributed by atoms with van der Waals surface area (Å²) in [7, 11) is -6.92. The summed E-state index contributed by atoms with van der Waals surface area (Å²) in [5.74, 6) is -0.401. The minimum Gasteiger partial charge on any atom is -0.278 e. The number of carbonyl (C=O) groups excluding carboxylic acids is 1. The summed E-state index contributed by atoms with van der Waals surface area (Å²) < 4.78 is 47.2. The molecule has 2 rings (SSSR count). The molecule has 1 aromatic carbocycles. The highest BCUT2D eigenvalue weighted by atomic mass is 32.2. The summed E-state index contributed by atoms with van der Waals surface area (Å²) >= 11 is 0. The molecule has 25 heavy (non-hydrogen) atoms. The van der Waals surface area contributed by atoms with Crippen molar-refractivity contribution in [3.63, 3.8) is 0 Å². The first-order valence-electron chi connectivity index (χ1n) is 8.24. The molecule has 1 amide bonds. The summed E-state index contributed by atoms with van der Waals surface area (Å²) in [6, 6.07) is 6.51. The molecular formula is C16H24N2O5S2. The Balaban J connectivity index is 1.91. The summed E-state index contributed by atoms with van der Waals surface area (Å²) in [6.45, 7) is 4.12. The Morgan fingerprint density at radius 1 is 1.28 bits per heavy atom. The van der Waals surface area contributed by atoms with E-state index in [4.69, 9.17) is 0 Å². The van der Waals surface area contributed by atoms with Gasteiger partial charge in [-0.1, -0.05) is 26.0 Å². The predicted molar refractivity (Wildman–Crippen MR) is 95.0 cm³/mol. The molecule has 0 unspecified atom stereocenters. The van der Waals surface area contributed by atoms with Crippen molar-refractivity contribution in [2.45, 2.75) is 43.9 Å². The number of hydrogen-bond acceptors (Lipinski definition) is 5. The molecule has 1 saturated heterocycles.